The second-order valence-electron chi connectivity index (χ2n) is 6.28. The number of nitrogens with zero attached hydrogens (tertiary/aromatic N) is 2. The fraction of sp³-hybridized carbons (Fsp3) is 0.375. The highest BCUT2D eigenvalue weighted by molar-refractivity contribution is 6.30. The molecule has 6 heteroatoms. The van der Waals surface area contributed by atoms with Gasteiger partial charge in [0, 0.05) is 24.5 Å². The molecule has 2 aromatic rings. The first-order chi connectivity index (χ1) is 10.3. The molecule has 0 fully saturated rings. The molecule has 0 bridgehead atoms. The van der Waals surface area contributed by atoms with Crippen LogP contribution in [0.25, 0.3) is 0 Å². The Labute approximate surface area is 134 Å². The molecule has 0 spiro atoms. The van der Waals surface area contributed by atoms with E-state index in [9.17, 15) is 9.18 Å². The second kappa shape index (κ2) is 6.48. The van der Waals surface area contributed by atoms with Crippen LogP contribution in [-0.4, -0.2) is 21.5 Å². The summed E-state index contributed by atoms with van der Waals surface area (Å²) in [6.45, 7) is 6.71. The number of rotatable bonds is 4. The van der Waals surface area contributed by atoms with Crippen molar-refractivity contribution < 1.29 is 9.18 Å². The molecular formula is C16H19ClFN3O. The Balaban J connectivity index is 2.15. The van der Waals surface area contributed by atoms with Gasteiger partial charge in [0.1, 0.15) is 5.82 Å². The molecule has 118 valence electrons. The van der Waals surface area contributed by atoms with E-state index in [0.29, 0.717) is 6.54 Å². The molecule has 0 saturated carbocycles. The number of halogens is 2. The van der Waals surface area contributed by atoms with Crippen LogP contribution in [0.5, 0.6) is 0 Å². The van der Waals surface area contributed by atoms with Crippen LogP contribution in [-0.2, 0) is 6.54 Å². The van der Waals surface area contributed by atoms with Crippen molar-refractivity contribution >= 4 is 17.5 Å². The zero-order valence-corrected chi connectivity index (χ0v) is 13.6. The highest BCUT2D eigenvalue weighted by Gasteiger charge is 2.27. The Hall–Kier alpha value is -1.88. The molecule has 1 heterocycles. The summed E-state index contributed by atoms with van der Waals surface area (Å²) in [7, 11) is 0. The van der Waals surface area contributed by atoms with Crippen LogP contribution in [0.3, 0.4) is 0 Å². The van der Waals surface area contributed by atoms with Crippen LogP contribution in [0.15, 0.2) is 36.9 Å². The summed E-state index contributed by atoms with van der Waals surface area (Å²) < 4.78 is 15.4. The average Bonchev–Trinajstić information content (AvgIpc) is 2.93. The molecule has 1 amide bonds. The van der Waals surface area contributed by atoms with Gasteiger partial charge in [0.25, 0.3) is 5.91 Å². The van der Waals surface area contributed by atoms with Crippen molar-refractivity contribution in [2.24, 2.45) is 5.41 Å². The van der Waals surface area contributed by atoms with Gasteiger partial charge in [0.2, 0.25) is 0 Å². The minimum absolute atomic E-state index is 0.00216. The maximum Gasteiger partial charge on any atom is 0.251 e. The molecule has 0 saturated heterocycles. The smallest absolute Gasteiger partial charge is 0.251 e. The van der Waals surface area contributed by atoms with Gasteiger partial charge in [0.15, 0.2) is 0 Å². The zero-order chi connectivity index (χ0) is 16.3. The highest BCUT2D eigenvalue weighted by atomic mass is 35.5. The van der Waals surface area contributed by atoms with Gasteiger partial charge in [-0.3, -0.25) is 4.79 Å². The van der Waals surface area contributed by atoms with Crippen molar-refractivity contribution in [1.82, 2.24) is 14.9 Å². The number of aromatic nitrogens is 2. The van der Waals surface area contributed by atoms with E-state index in [1.165, 1.54) is 12.1 Å². The van der Waals surface area contributed by atoms with Gasteiger partial charge in [-0.15, -0.1) is 0 Å². The van der Waals surface area contributed by atoms with Crippen LogP contribution in [0.4, 0.5) is 4.39 Å². The average molecular weight is 324 g/mol. The monoisotopic (exact) mass is 323 g/mol. The summed E-state index contributed by atoms with van der Waals surface area (Å²) in [5, 5.41) is 2.96. The van der Waals surface area contributed by atoms with Gasteiger partial charge >= 0.3 is 0 Å². The van der Waals surface area contributed by atoms with Crippen molar-refractivity contribution in [2.75, 3.05) is 0 Å². The Morgan fingerprint density at radius 2 is 2.18 bits per heavy atom. The van der Waals surface area contributed by atoms with E-state index in [0.717, 1.165) is 6.07 Å². The lowest BCUT2D eigenvalue weighted by Crippen LogP contribution is -2.46. The van der Waals surface area contributed by atoms with Gasteiger partial charge in [-0.1, -0.05) is 32.4 Å². The minimum atomic E-state index is -0.601. The number of carbonyl (C=O) groups is 1. The molecule has 1 aromatic carbocycles. The molecule has 0 aliphatic rings. The van der Waals surface area contributed by atoms with Gasteiger partial charge in [0.05, 0.1) is 17.4 Å². The summed E-state index contributed by atoms with van der Waals surface area (Å²) in [4.78, 5) is 16.3. The van der Waals surface area contributed by atoms with Gasteiger partial charge in [-0.05, 0) is 23.6 Å². The third kappa shape index (κ3) is 4.07. The van der Waals surface area contributed by atoms with Crippen molar-refractivity contribution in [3.8, 4) is 0 Å². The zero-order valence-electron chi connectivity index (χ0n) is 12.8. The summed E-state index contributed by atoms with van der Waals surface area (Å²) in [6, 6.07) is 3.91. The van der Waals surface area contributed by atoms with Gasteiger partial charge in [-0.25, -0.2) is 9.37 Å². The number of hydrogen-bond acceptors (Lipinski definition) is 2. The first-order valence-corrected chi connectivity index (χ1v) is 7.37. The predicted molar refractivity (Wildman–Crippen MR) is 84.3 cm³/mol. The molecule has 0 aliphatic heterocycles. The molecule has 1 atom stereocenters. The van der Waals surface area contributed by atoms with E-state index in [1.807, 2.05) is 31.5 Å². The SMILES string of the molecule is CC(C)(C)[C@@H](Cn1ccnc1)NC(=O)c1ccc(Cl)c(F)c1. The fourth-order valence-corrected chi connectivity index (χ4v) is 2.14. The molecule has 22 heavy (non-hydrogen) atoms. The highest BCUT2D eigenvalue weighted by Crippen LogP contribution is 2.22. The first kappa shape index (κ1) is 16.5. The van der Waals surface area contributed by atoms with E-state index < -0.39 is 5.82 Å². The number of carbonyl (C=O) groups excluding carboxylic acids is 1. The Morgan fingerprint density at radius 1 is 1.45 bits per heavy atom. The molecule has 1 N–H and O–H groups in total. The minimum Gasteiger partial charge on any atom is -0.347 e. The number of amides is 1. The van der Waals surface area contributed by atoms with Crippen LogP contribution in [0, 0.1) is 11.2 Å². The van der Waals surface area contributed by atoms with Crippen LogP contribution < -0.4 is 5.32 Å². The van der Waals surface area contributed by atoms with E-state index in [2.05, 4.69) is 10.3 Å². The van der Waals surface area contributed by atoms with Gasteiger partial charge in [-0.2, -0.15) is 0 Å². The number of imidazole rings is 1. The molecule has 2 rings (SSSR count). The summed E-state index contributed by atoms with van der Waals surface area (Å²) in [6.07, 6.45) is 5.23. The van der Waals surface area contributed by atoms with Crippen molar-refractivity contribution in [3.05, 3.63) is 53.3 Å². The van der Waals surface area contributed by atoms with Crippen molar-refractivity contribution in [1.29, 1.82) is 0 Å². The predicted octanol–water partition coefficient (Wildman–Crippen LogP) is 3.52. The van der Waals surface area contributed by atoms with Crippen molar-refractivity contribution in [2.45, 2.75) is 33.4 Å². The topological polar surface area (TPSA) is 46.9 Å². The largest absolute Gasteiger partial charge is 0.347 e. The van der Waals surface area contributed by atoms with Crippen LogP contribution in [0.2, 0.25) is 5.02 Å². The van der Waals surface area contributed by atoms with Gasteiger partial charge < -0.3 is 9.88 Å². The molecule has 0 radical (unpaired) electrons. The standard InChI is InChI=1S/C16H19ClFN3O/c1-16(2,3)14(9-21-7-6-19-10-21)20-15(22)11-4-5-12(17)13(18)8-11/h4-8,10,14H,9H2,1-3H3,(H,20,22)/t14-/m1/s1. The third-order valence-electron chi connectivity index (χ3n) is 3.49. The maximum absolute atomic E-state index is 13.5. The lowest BCUT2D eigenvalue weighted by molar-refractivity contribution is 0.0892. The Bertz CT molecular complexity index is 650. The molecular weight excluding hydrogens is 305 g/mol. The van der Waals surface area contributed by atoms with Crippen LogP contribution >= 0.6 is 11.6 Å². The Morgan fingerprint density at radius 3 is 2.73 bits per heavy atom. The number of benzene rings is 1. The third-order valence-corrected chi connectivity index (χ3v) is 3.79. The maximum atomic E-state index is 13.5. The lowest BCUT2D eigenvalue weighted by Gasteiger charge is -2.31. The van der Waals surface area contributed by atoms with E-state index >= 15 is 0 Å². The van der Waals surface area contributed by atoms with E-state index in [-0.39, 0.29) is 28.0 Å². The quantitative estimate of drug-likeness (QED) is 0.935. The van der Waals surface area contributed by atoms with E-state index in [4.69, 9.17) is 11.6 Å². The second-order valence-corrected chi connectivity index (χ2v) is 6.69. The molecule has 0 aliphatic carbocycles. The lowest BCUT2D eigenvalue weighted by atomic mass is 9.86. The first-order valence-electron chi connectivity index (χ1n) is 6.99. The summed E-state index contributed by atoms with van der Waals surface area (Å²) >= 11 is 5.64. The molecule has 1 aromatic heterocycles. The number of hydrogen-bond donors (Lipinski definition) is 1. The van der Waals surface area contributed by atoms with Crippen LogP contribution in [0.1, 0.15) is 31.1 Å². The molecule has 0 unspecified atom stereocenters. The van der Waals surface area contributed by atoms with Crippen molar-refractivity contribution in [3.63, 3.8) is 0 Å². The number of nitrogens with one attached hydrogen (secondary N) is 1. The summed E-state index contributed by atoms with van der Waals surface area (Å²) in [5.74, 6) is -0.924. The van der Waals surface area contributed by atoms with E-state index in [1.54, 1.807) is 12.5 Å². The normalized spacial score (nSPS) is 13.0. The fourth-order valence-electron chi connectivity index (χ4n) is 2.02. The molecule has 4 nitrogen and oxygen atoms in total. The summed E-state index contributed by atoms with van der Waals surface area (Å²) in [5.41, 5.74) is 0.0898. The Kier molecular flexibility index (Phi) is 4.86.